The van der Waals surface area contributed by atoms with Gasteiger partial charge >= 0.3 is 0 Å². The summed E-state index contributed by atoms with van der Waals surface area (Å²) in [6, 6.07) is 56.6. The highest BCUT2D eigenvalue weighted by Gasteiger charge is 2.29. The van der Waals surface area contributed by atoms with Crippen molar-refractivity contribution in [2.75, 3.05) is 0 Å². The van der Waals surface area contributed by atoms with Crippen molar-refractivity contribution in [2.24, 2.45) is 0 Å². The van der Waals surface area contributed by atoms with Gasteiger partial charge in [-0.15, -0.1) is 0 Å². The lowest BCUT2D eigenvalue weighted by Gasteiger charge is -2.21. The summed E-state index contributed by atoms with van der Waals surface area (Å²) in [6.07, 6.45) is 3.09. The van der Waals surface area contributed by atoms with Gasteiger partial charge in [-0.05, 0) is 33.9 Å². The zero-order valence-corrected chi connectivity index (χ0v) is 26.7. The van der Waals surface area contributed by atoms with Crippen LogP contribution in [0.15, 0.2) is 174 Å². The van der Waals surface area contributed by atoms with Gasteiger partial charge in [0.1, 0.15) is 11.3 Å². The number of aromatic nitrogens is 3. The average molecular weight is 630 g/mol. The molecule has 6 aromatic carbocycles. The van der Waals surface area contributed by atoms with Gasteiger partial charge in [-0.3, -0.25) is 0 Å². The molecule has 0 N–H and O–H groups in total. The summed E-state index contributed by atoms with van der Waals surface area (Å²) in [6.45, 7) is 0. The van der Waals surface area contributed by atoms with Crippen molar-refractivity contribution < 1.29 is 4.42 Å². The predicted octanol–water partition coefficient (Wildman–Crippen LogP) is 11.1. The van der Waals surface area contributed by atoms with Crippen molar-refractivity contribution in [3.8, 4) is 45.0 Å². The molecule has 2 heterocycles. The number of para-hydroxylation sites is 1. The smallest absolute Gasteiger partial charge is 0.164 e. The summed E-state index contributed by atoms with van der Waals surface area (Å²) < 4.78 is 6.50. The Bertz CT molecular complexity index is 2430. The summed E-state index contributed by atoms with van der Waals surface area (Å²) >= 11 is 0. The Labute approximate surface area is 285 Å². The molecule has 232 valence electrons. The first-order valence-electron chi connectivity index (χ1n) is 16.6. The van der Waals surface area contributed by atoms with Gasteiger partial charge in [0.15, 0.2) is 17.5 Å². The van der Waals surface area contributed by atoms with Crippen LogP contribution >= 0.6 is 0 Å². The fourth-order valence-electron chi connectivity index (χ4n) is 6.82. The van der Waals surface area contributed by atoms with E-state index in [9.17, 15) is 0 Å². The number of fused-ring (bicyclic) bond motifs is 3. The third-order valence-electron chi connectivity index (χ3n) is 9.32. The Kier molecular flexibility index (Phi) is 7.25. The molecule has 0 saturated heterocycles. The lowest BCUT2D eigenvalue weighted by molar-refractivity contribution is 0.531. The van der Waals surface area contributed by atoms with E-state index in [0.29, 0.717) is 17.5 Å². The van der Waals surface area contributed by atoms with E-state index < -0.39 is 0 Å². The Morgan fingerprint density at radius 2 is 0.878 bits per heavy atom. The fourth-order valence-corrected chi connectivity index (χ4v) is 6.82. The van der Waals surface area contributed by atoms with Crippen molar-refractivity contribution >= 4 is 16.5 Å². The molecule has 49 heavy (non-hydrogen) atoms. The molecule has 1 atom stereocenters. The van der Waals surface area contributed by atoms with Crippen LogP contribution < -0.4 is 0 Å². The molecular formula is C45H31N3O. The highest BCUT2D eigenvalue weighted by atomic mass is 16.3. The Morgan fingerprint density at radius 1 is 0.429 bits per heavy atom. The van der Waals surface area contributed by atoms with E-state index >= 15 is 0 Å². The summed E-state index contributed by atoms with van der Waals surface area (Å²) in [5, 5.41) is 1.07. The van der Waals surface area contributed by atoms with Crippen molar-refractivity contribution in [3.63, 3.8) is 0 Å². The predicted molar refractivity (Wildman–Crippen MR) is 198 cm³/mol. The standard InChI is InChI=1S/C45H31N3O/c1-4-12-30(13-5-1)32-20-22-33(23-21-32)34-24-26-36(27-25-34)44-46-43(35-16-8-3-9-17-35)47-45(48-44)39-28-37(31-14-6-2-7-15-31)29-41-42(39)38-18-10-11-19-40(38)49-41/h1-28,37H,29H2. The van der Waals surface area contributed by atoms with Crippen LogP contribution in [0.25, 0.3) is 61.6 Å². The number of allylic oxidation sites excluding steroid dienone is 1. The minimum Gasteiger partial charge on any atom is -0.460 e. The molecule has 0 amide bonds. The molecule has 0 saturated carbocycles. The minimum absolute atomic E-state index is 0.122. The summed E-state index contributed by atoms with van der Waals surface area (Å²) in [5.41, 5.74) is 10.7. The molecule has 0 spiro atoms. The topological polar surface area (TPSA) is 51.8 Å². The van der Waals surface area contributed by atoms with E-state index in [1.807, 2.05) is 48.5 Å². The Hall–Kier alpha value is -6.39. The zero-order valence-electron chi connectivity index (χ0n) is 26.7. The second-order valence-corrected chi connectivity index (χ2v) is 12.4. The molecule has 0 fully saturated rings. The molecule has 4 nitrogen and oxygen atoms in total. The van der Waals surface area contributed by atoms with E-state index in [1.165, 1.54) is 16.7 Å². The number of hydrogen-bond acceptors (Lipinski definition) is 4. The van der Waals surface area contributed by atoms with Crippen LogP contribution in [0.5, 0.6) is 0 Å². The summed E-state index contributed by atoms with van der Waals surface area (Å²) in [4.78, 5) is 15.3. The van der Waals surface area contributed by atoms with Gasteiger partial charge in [-0.2, -0.15) is 0 Å². The van der Waals surface area contributed by atoms with Crippen LogP contribution in [0.1, 0.15) is 28.6 Å². The van der Waals surface area contributed by atoms with Crippen LogP contribution in [0.2, 0.25) is 0 Å². The monoisotopic (exact) mass is 629 g/mol. The van der Waals surface area contributed by atoms with Crippen molar-refractivity contribution in [1.29, 1.82) is 0 Å². The maximum atomic E-state index is 6.50. The number of furan rings is 1. The Morgan fingerprint density at radius 3 is 1.49 bits per heavy atom. The van der Waals surface area contributed by atoms with Gasteiger partial charge in [0.25, 0.3) is 0 Å². The SMILES string of the molecule is C1=C(c2nc(-c3ccccc3)nc(-c3ccc(-c4ccc(-c5ccccc5)cc4)cc3)n2)c2c(oc3ccccc23)CC1c1ccccc1. The van der Waals surface area contributed by atoms with Gasteiger partial charge in [-0.25, -0.2) is 15.0 Å². The molecule has 8 aromatic rings. The Balaban J connectivity index is 1.15. The van der Waals surface area contributed by atoms with E-state index in [2.05, 4.69) is 121 Å². The van der Waals surface area contributed by atoms with Crippen LogP contribution in [-0.2, 0) is 6.42 Å². The van der Waals surface area contributed by atoms with Gasteiger partial charge in [0, 0.05) is 40.0 Å². The number of rotatable bonds is 6. The third-order valence-corrected chi connectivity index (χ3v) is 9.32. The summed E-state index contributed by atoms with van der Waals surface area (Å²) in [7, 11) is 0. The zero-order chi connectivity index (χ0) is 32.6. The fraction of sp³-hybridized carbons (Fsp3) is 0.0444. The maximum absolute atomic E-state index is 6.50. The maximum Gasteiger partial charge on any atom is 0.164 e. The third kappa shape index (κ3) is 5.53. The lowest BCUT2D eigenvalue weighted by atomic mass is 9.83. The van der Waals surface area contributed by atoms with Crippen molar-refractivity contribution in [2.45, 2.75) is 12.3 Å². The van der Waals surface area contributed by atoms with Gasteiger partial charge < -0.3 is 4.42 Å². The number of nitrogens with zero attached hydrogens (tertiary/aromatic N) is 3. The van der Waals surface area contributed by atoms with E-state index in [1.54, 1.807) is 0 Å². The van der Waals surface area contributed by atoms with Crippen molar-refractivity contribution in [3.05, 3.63) is 193 Å². The lowest BCUT2D eigenvalue weighted by Crippen LogP contribution is -2.11. The van der Waals surface area contributed by atoms with Crippen LogP contribution in [0.3, 0.4) is 0 Å². The molecule has 1 aliphatic carbocycles. The summed E-state index contributed by atoms with van der Waals surface area (Å²) in [5.74, 6) is 2.98. The average Bonchev–Trinajstić information content (AvgIpc) is 3.57. The number of hydrogen-bond donors (Lipinski definition) is 0. The minimum atomic E-state index is 0.122. The van der Waals surface area contributed by atoms with E-state index in [4.69, 9.17) is 19.4 Å². The van der Waals surface area contributed by atoms with Gasteiger partial charge in [-0.1, -0.05) is 164 Å². The van der Waals surface area contributed by atoms with E-state index in [0.717, 1.165) is 56.5 Å². The molecule has 4 heteroatoms. The quantitative estimate of drug-likeness (QED) is 0.184. The van der Waals surface area contributed by atoms with Crippen LogP contribution in [0.4, 0.5) is 0 Å². The first-order chi connectivity index (χ1) is 24.3. The largest absolute Gasteiger partial charge is 0.460 e. The second-order valence-electron chi connectivity index (χ2n) is 12.4. The van der Waals surface area contributed by atoms with Gasteiger partial charge in [0.2, 0.25) is 0 Å². The molecule has 2 aromatic heterocycles. The molecule has 0 bridgehead atoms. The van der Waals surface area contributed by atoms with Gasteiger partial charge in [0.05, 0.1) is 0 Å². The normalized spacial score (nSPS) is 14.0. The highest BCUT2D eigenvalue weighted by Crippen LogP contribution is 2.43. The molecular weight excluding hydrogens is 599 g/mol. The van der Waals surface area contributed by atoms with Crippen LogP contribution in [0, 0.1) is 0 Å². The van der Waals surface area contributed by atoms with Crippen molar-refractivity contribution in [1.82, 2.24) is 15.0 Å². The molecule has 1 unspecified atom stereocenters. The molecule has 1 aliphatic rings. The van der Waals surface area contributed by atoms with E-state index in [-0.39, 0.29) is 5.92 Å². The number of benzene rings is 6. The highest BCUT2D eigenvalue weighted by molar-refractivity contribution is 5.97. The molecule has 0 aliphatic heterocycles. The first-order valence-corrected chi connectivity index (χ1v) is 16.6. The second kappa shape index (κ2) is 12.3. The van der Waals surface area contributed by atoms with Crippen LogP contribution in [-0.4, -0.2) is 15.0 Å². The molecule has 0 radical (unpaired) electrons. The molecule has 9 rings (SSSR count). The first kappa shape index (κ1) is 28.8.